The Morgan fingerprint density at radius 1 is 0.955 bits per heavy atom. The zero-order valence-electron chi connectivity index (χ0n) is 9.95. The second-order valence-electron chi connectivity index (χ2n) is 3.51. The van der Waals surface area contributed by atoms with Crippen LogP contribution in [0, 0.1) is 5.82 Å². The molecule has 22 heavy (non-hydrogen) atoms. The van der Waals surface area contributed by atoms with Gasteiger partial charge in [-0.05, 0) is 12.1 Å². The minimum atomic E-state index is -5.77. The van der Waals surface area contributed by atoms with Gasteiger partial charge in [0.1, 0.15) is 4.90 Å². The molecule has 0 unspecified atom stereocenters. The Kier molecular flexibility index (Phi) is 4.85. The van der Waals surface area contributed by atoms with Gasteiger partial charge < -0.3 is 0 Å². The summed E-state index contributed by atoms with van der Waals surface area (Å²) < 4.78 is 103. The molecule has 0 spiro atoms. The van der Waals surface area contributed by atoms with Crippen molar-refractivity contribution in [2.24, 2.45) is 0 Å². The number of carbonyl (C=O) groups is 1. The fourth-order valence-electron chi connectivity index (χ4n) is 1.24. The largest absolute Gasteiger partial charge is 0.399 e. The van der Waals surface area contributed by atoms with Gasteiger partial charge in [-0.25, -0.2) is 17.5 Å². The van der Waals surface area contributed by atoms with E-state index in [-0.39, 0.29) is 0 Å². The van der Waals surface area contributed by atoms with Gasteiger partial charge in [0.2, 0.25) is 0 Å². The predicted octanol–water partition coefficient (Wildman–Crippen LogP) is -0.738. The first-order chi connectivity index (χ1) is 9.73. The number of nitrogens with one attached hydrogen (secondary N) is 2. The number of halogens is 3. The number of benzene rings is 1. The highest BCUT2D eigenvalue weighted by Gasteiger charge is 2.29. The van der Waals surface area contributed by atoms with Gasteiger partial charge >= 0.3 is 20.8 Å². The molecule has 0 aliphatic heterocycles. The molecule has 0 radical (unpaired) electrons. The molecular formula is C7H5F3N2O7S3. The van der Waals surface area contributed by atoms with Crippen molar-refractivity contribution in [1.82, 2.24) is 8.85 Å². The van der Waals surface area contributed by atoms with Crippen LogP contribution in [-0.2, 0) is 30.8 Å². The van der Waals surface area contributed by atoms with Gasteiger partial charge in [-0.1, -0.05) is 18.0 Å². The van der Waals surface area contributed by atoms with E-state index in [1.54, 1.807) is 0 Å². The zero-order valence-corrected chi connectivity index (χ0v) is 12.4. The molecule has 1 aromatic carbocycles. The molecule has 1 aromatic rings. The number of hydrogen-bond donors (Lipinski definition) is 2. The van der Waals surface area contributed by atoms with E-state index >= 15 is 0 Å². The Balaban J connectivity index is 3.39. The number of hydrogen-bond acceptors (Lipinski definition) is 7. The van der Waals surface area contributed by atoms with E-state index < -0.39 is 53.0 Å². The van der Waals surface area contributed by atoms with Crippen LogP contribution >= 0.6 is 0 Å². The standard InChI is InChI=1S/C7H5F3N2O7S3/c8-6-4(7(13)11-21(9,16)17)2-1-3-5(6)20(14,15)12-22(10,18)19/h1-3,12H,(H,11,13). The maximum atomic E-state index is 13.9. The van der Waals surface area contributed by atoms with Crippen molar-refractivity contribution in [3.8, 4) is 0 Å². The van der Waals surface area contributed by atoms with Crippen LogP contribution in [0.2, 0.25) is 0 Å². The average molecular weight is 382 g/mol. The van der Waals surface area contributed by atoms with Gasteiger partial charge in [-0.15, -0.1) is 0 Å². The van der Waals surface area contributed by atoms with E-state index in [4.69, 9.17) is 0 Å². The third kappa shape index (κ3) is 4.93. The number of carbonyl (C=O) groups excluding carboxylic acids is 1. The average Bonchev–Trinajstić information content (AvgIpc) is 2.22. The summed E-state index contributed by atoms with van der Waals surface area (Å²) in [5.74, 6) is -3.78. The van der Waals surface area contributed by atoms with Crippen molar-refractivity contribution < 1.29 is 42.2 Å². The van der Waals surface area contributed by atoms with E-state index in [1.165, 1.54) is 0 Å². The third-order valence-corrected chi connectivity index (χ3v) is 4.92. The van der Waals surface area contributed by atoms with E-state index in [1.807, 2.05) is 0 Å². The third-order valence-electron chi connectivity index (χ3n) is 1.92. The van der Waals surface area contributed by atoms with E-state index in [0.717, 1.165) is 4.72 Å². The van der Waals surface area contributed by atoms with Crippen molar-refractivity contribution >= 4 is 36.7 Å². The molecule has 9 nitrogen and oxygen atoms in total. The van der Waals surface area contributed by atoms with Crippen LogP contribution < -0.4 is 8.85 Å². The molecule has 15 heteroatoms. The highest BCUT2D eigenvalue weighted by molar-refractivity contribution is 8.02. The van der Waals surface area contributed by atoms with Crippen molar-refractivity contribution in [3.63, 3.8) is 0 Å². The van der Waals surface area contributed by atoms with Gasteiger partial charge in [0.15, 0.2) is 5.82 Å². The lowest BCUT2D eigenvalue weighted by atomic mass is 10.2. The van der Waals surface area contributed by atoms with Crippen LogP contribution in [0.4, 0.5) is 12.2 Å². The summed E-state index contributed by atoms with van der Waals surface area (Å²) in [7, 11) is -16.6. The molecule has 1 rings (SSSR count). The van der Waals surface area contributed by atoms with Crippen molar-refractivity contribution in [3.05, 3.63) is 29.6 Å². The first-order valence-corrected chi connectivity index (χ1v) is 9.01. The Morgan fingerprint density at radius 3 is 1.95 bits per heavy atom. The number of amides is 1. The SMILES string of the molecule is O=C(NS(=O)(=O)F)c1cccc(S(=O)(=O)NS(=O)(=O)F)c1F. The van der Waals surface area contributed by atoms with Gasteiger partial charge in [-0.3, -0.25) is 4.79 Å². The van der Waals surface area contributed by atoms with E-state index in [0.29, 0.717) is 22.3 Å². The molecule has 0 aliphatic carbocycles. The monoisotopic (exact) mass is 382 g/mol. The predicted molar refractivity (Wildman–Crippen MR) is 64.2 cm³/mol. The van der Waals surface area contributed by atoms with Crippen molar-refractivity contribution in [2.75, 3.05) is 0 Å². The molecule has 0 atom stereocenters. The Bertz CT molecular complexity index is 924. The van der Waals surface area contributed by atoms with Crippen LogP contribution in [0.5, 0.6) is 0 Å². The zero-order chi connectivity index (χ0) is 17.3. The second kappa shape index (κ2) is 5.82. The Morgan fingerprint density at radius 2 is 1.50 bits per heavy atom. The number of sulfonamides is 1. The molecule has 0 aliphatic rings. The van der Waals surface area contributed by atoms with Gasteiger partial charge in [-0.2, -0.15) is 16.8 Å². The van der Waals surface area contributed by atoms with Crippen LogP contribution in [0.3, 0.4) is 0 Å². The van der Waals surface area contributed by atoms with Crippen LogP contribution in [-0.4, -0.2) is 31.2 Å². The molecule has 0 saturated heterocycles. The summed E-state index contributed by atoms with van der Waals surface area (Å²) in [6.07, 6.45) is 0. The van der Waals surface area contributed by atoms with Crippen LogP contribution in [0.1, 0.15) is 10.4 Å². The quantitative estimate of drug-likeness (QED) is 0.639. The molecule has 0 saturated carbocycles. The fourth-order valence-corrected chi connectivity index (χ4v) is 3.58. The lowest BCUT2D eigenvalue weighted by Gasteiger charge is -2.07. The molecule has 0 heterocycles. The molecule has 2 N–H and O–H groups in total. The summed E-state index contributed by atoms with van der Waals surface area (Å²) in [6, 6.07) is 1.75. The number of rotatable bonds is 5. The van der Waals surface area contributed by atoms with Gasteiger partial charge in [0, 0.05) is 0 Å². The summed E-state index contributed by atoms with van der Waals surface area (Å²) in [5, 5.41) is 0. The van der Waals surface area contributed by atoms with E-state index in [2.05, 4.69) is 0 Å². The molecule has 0 bridgehead atoms. The molecular weight excluding hydrogens is 377 g/mol. The minimum absolute atomic E-state index is 0.462. The topological polar surface area (TPSA) is 144 Å². The molecule has 1 amide bonds. The minimum Gasteiger partial charge on any atom is -0.268 e. The molecule has 0 fully saturated rings. The highest BCUT2D eigenvalue weighted by Crippen LogP contribution is 2.19. The summed E-state index contributed by atoms with van der Waals surface area (Å²) in [5.41, 5.74) is -1.24. The summed E-state index contributed by atoms with van der Waals surface area (Å²) in [6.45, 7) is 0. The van der Waals surface area contributed by atoms with Crippen molar-refractivity contribution in [1.29, 1.82) is 0 Å². The molecule has 124 valence electrons. The smallest absolute Gasteiger partial charge is 0.268 e. The second-order valence-corrected chi connectivity index (χ2v) is 7.58. The fraction of sp³-hybridized carbons (Fsp3) is 0. The Labute approximate surface area is 122 Å². The molecule has 0 aromatic heterocycles. The van der Waals surface area contributed by atoms with Gasteiger partial charge in [0.25, 0.3) is 15.9 Å². The van der Waals surface area contributed by atoms with Gasteiger partial charge in [0.05, 0.1) is 5.56 Å². The summed E-state index contributed by atoms with van der Waals surface area (Å²) in [4.78, 5) is 9.79. The highest BCUT2D eigenvalue weighted by atomic mass is 32.3. The van der Waals surface area contributed by atoms with E-state index in [9.17, 15) is 42.2 Å². The Hall–Kier alpha value is -1.71. The first kappa shape index (κ1) is 18.3. The maximum Gasteiger partial charge on any atom is 0.399 e. The summed E-state index contributed by atoms with van der Waals surface area (Å²) >= 11 is 0. The van der Waals surface area contributed by atoms with Crippen LogP contribution in [0.15, 0.2) is 23.1 Å². The van der Waals surface area contributed by atoms with Crippen LogP contribution in [0.25, 0.3) is 0 Å². The van der Waals surface area contributed by atoms with Crippen molar-refractivity contribution in [2.45, 2.75) is 4.90 Å². The lowest BCUT2D eigenvalue weighted by molar-refractivity contribution is 0.0975. The lowest BCUT2D eigenvalue weighted by Crippen LogP contribution is -2.31. The first-order valence-electron chi connectivity index (χ1n) is 4.76. The maximum absolute atomic E-state index is 13.9. The normalized spacial score (nSPS) is 12.9.